The van der Waals surface area contributed by atoms with Gasteiger partial charge in [0.05, 0.1) is 23.7 Å². The highest BCUT2D eigenvalue weighted by Gasteiger charge is 2.40. The van der Waals surface area contributed by atoms with Gasteiger partial charge in [-0.2, -0.15) is 13.2 Å². The molecule has 0 unspecified atom stereocenters. The first-order chi connectivity index (χ1) is 17.2. The van der Waals surface area contributed by atoms with Gasteiger partial charge in [0.15, 0.2) is 0 Å². The van der Waals surface area contributed by atoms with E-state index in [1.54, 1.807) is 17.3 Å². The zero-order valence-corrected chi connectivity index (χ0v) is 19.3. The molecule has 2 aromatic rings. The van der Waals surface area contributed by atoms with Gasteiger partial charge in [-0.15, -0.1) is 0 Å². The number of aromatic nitrogens is 2. The molecule has 36 heavy (non-hydrogen) atoms. The fourth-order valence-electron chi connectivity index (χ4n) is 4.89. The minimum absolute atomic E-state index is 0.0180. The van der Waals surface area contributed by atoms with Gasteiger partial charge in [-0.3, -0.25) is 14.7 Å². The Kier molecular flexibility index (Phi) is 6.45. The van der Waals surface area contributed by atoms with Gasteiger partial charge in [0.25, 0.3) is 0 Å². The standard InChI is InChI=1S/C24H26F3N5O4/c25-24(26,27)16-5-3-15(4-6-16)21(30-23(34)35)22(33)32-8-7-31-13-18(9-17(31)12-32)36-20-11-28-19(10-29-20)14-1-2-14/h3-6,10-11,14,17-18,21,30H,1-2,7-9,12-13H2,(H,34,35)/t17-,18+,21-/m0/s1. The van der Waals surface area contributed by atoms with Crippen molar-refractivity contribution >= 4 is 12.0 Å². The molecule has 1 saturated carbocycles. The molecule has 9 nitrogen and oxygen atoms in total. The van der Waals surface area contributed by atoms with Crippen molar-refractivity contribution in [2.75, 3.05) is 26.2 Å². The fourth-order valence-corrected chi connectivity index (χ4v) is 4.89. The summed E-state index contributed by atoms with van der Waals surface area (Å²) < 4.78 is 44.8. The van der Waals surface area contributed by atoms with Crippen molar-refractivity contribution in [1.29, 1.82) is 0 Å². The van der Waals surface area contributed by atoms with Gasteiger partial charge in [0, 0.05) is 44.6 Å². The zero-order chi connectivity index (χ0) is 25.4. The summed E-state index contributed by atoms with van der Waals surface area (Å²) in [7, 11) is 0. The van der Waals surface area contributed by atoms with Gasteiger partial charge in [-0.25, -0.2) is 9.78 Å². The third kappa shape index (κ3) is 5.38. The Bertz CT molecular complexity index is 1110. The van der Waals surface area contributed by atoms with E-state index in [9.17, 15) is 27.9 Å². The average molecular weight is 505 g/mol. The van der Waals surface area contributed by atoms with Gasteiger partial charge < -0.3 is 20.1 Å². The maximum Gasteiger partial charge on any atom is 0.416 e. The number of piperazine rings is 1. The minimum Gasteiger partial charge on any atom is -0.472 e. The van der Waals surface area contributed by atoms with E-state index in [2.05, 4.69) is 20.2 Å². The molecular weight excluding hydrogens is 479 g/mol. The van der Waals surface area contributed by atoms with E-state index in [0.29, 0.717) is 44.4 Å². The summed E-state index contributed by atoms with van der Waals surface area (Å²) in [6.07, 6.45) is 0.271. The van der Waals surface area contributed by atoms with Gasteiger partial charge in [0.2, 0.25) is 11.8 Å². The molecule has 12 heteroatoms. The van der Waals surface area contributed by atoms with Crippen LogP contribution in [-0.4, -0.2) is 75.2 Å². The molecule has 2 N–H and O–H groups in total. The van der Waals surface area contributed by atoms with Crippen LogP contribution >= 0.6 is 0 Å². The Morgan fingerprint density at radius 3 is 2.44 bits per heavy atom. The lowest BCUT2D eigenvalue weighted by molar-refractivity contribution is -0.137. The Morgan fingerprint density at radius 2 is 1.83 bits per heavy atom. The molecule has 3 atom stereocenters. The van der Waals surface area contributed by atoms with Gasteiger partial charge in [0.1, 0.15) is 12.1 Å². The molecule has 2 amide bonds. The van der Waals surface area contributed by atoms with Crippen LogP contribution in [0.5, 0.6) is 5.88 Å². The van der Waals surface area contributed by atoms with Crippen LogP contribution in [0.25, 0.3) is 0 Å². The number of ether oxygens (including phenoxy) is 1. The van der Waals surface area contributed by atoms with Crippen LogP contribution in [0.1, 0.15) is 48.0 Å². The summed E-state index contributed by atoms with van der Waals surface area (Å²) in [5.41, 5.74) is 0.266. The number of hydrogen-bond acceptors (Lipinski definition) is 6. The predicted molar refractivity (Wildman–Crippen MR) is 120 cm³/mol. The molecule has 1 aromatic carbocycles. The number of carbonyl (C=O) groups is 2. The largest absolute Gasteiger partial charge is 0.472 e. The van der Waals surface area contributed by atoms with Crippen molar-refractivity contribution in [2.24, 2.45) is 0 Å². The third-order valence-electron chi connectivity index (χ3n) is 6.91. The third-order valence-corrected chi connectivity index (χ3v) is 6.91. The first-order valence-electron chi connectivity index (χ1n) is 11.9. The van der Waals surface area contributed by atoms with Crippen molar-refractivity contribution in [3.8, 4) is 5.88 Å². The van der Waals surface area contributed by atoms with Gasteiger partial charge >= 0.3 is 12.3 Å². The molecule has 5 rings (SSSR count). The van der Waals surface area contributed by atoms with Crippen LogP contribution in [0.3, 0.4) is 0 Å². The number of alkyl halides is 3. The summed E-state index contributed by atoms with van der Waals surface area (Å²) in [5.74, 6) is 0.477. The monoisotopic (exact) mass is 505 g/mol. The molecule has 2 saturated heterocycles. The molecule has 3 fully saturated rings. The summed E-state index contributed by atoms with van der Waals surface area (Å²) in [6.45, 7) is 1.99. The molecule has 2 aliphatic heterocycles. The second-order valence-electron chi connectivity index (χ2n) is 9.46. The summed E-state index contributed by atoms with van der Waals surface area (Å²) >= 11 is 0. The van der Waals surface area contributed by atoms with Crippen LogP contribution < -0.4 is 10.1 Å². The second-order valence-corrected chi connectivity index (χ2v) is 9.46. The number of nitrogens with zero attached hydrogens (tertiary/aromatic N) is 4. The zero-order valence-electron chi connectivity index (χ0n) is 19.3. The molecule has 192 valence electrons. The highest BCUT2D eigenvalue weighted by molar-refractivity contribution is 5.86. The molecule has 0 bridgehead atoms. The van der Waals surface area contributed by atoms with Crippen LogP contribution in [0.2, 0.25) is 0 Å². The molecule has 1 aromatic heterocycles. The van der Waals surface area contributed by atoms with E-state index in [1.165, 1.54) is 0 Å². The highest BCUT2D eigenvalue weighted by Crippen LogP contribution is 2.38. The normalized spacial score (nSPS) is 23.1. The van der Waals surface area contributed by atoms with Crippen LogP contribution in [0.4, 0.5) is 18.0 Å². The SMILES string of the molecule is O=C(O)N[C@H](C(=O)N1CCN2C[C@H](Oc3cnc(C4CC4)cn3)C[C@H]2C1)c1ccc(C(F)(F)F)cc1. The minimum atomic E-state index is -4.53. The van der Waals surface area contributed by atoms with Crippen molar-refractivity contribution in [2.45, 2.75) is 49.5 Å². The van der Waals surface area contributed by atoms with Crippen LogP contribution in [0, 0.1) is 0 Å². The Labute approximate surface area is 205 Å². The molecule has 1 aliphatic carbocycles. The molecule has 3 aliphatic rings. The number of halogens is 3. The lowest BCUT2D eigenvalue weighted by Gasteiger charge is -2.38. The molecular formula is C24H26F3N5O4. The predicted octanol–water partition coefficient (Wildman–Crippen LogP) is 3.05. The summed E-state index contributed by atoms with van der Waals surface area (Å²) in [6, 6.07) is 2.67. The van der Waals surface area contributed by atoms with E-state index in [-0.39, 0.29) is 17.7 Å². The highest BCUT2D eigenvalue weighted by atomic mass is 19.4. The summed E-state index contributed by atoms with van der Waals surface area (Å²) in [5, 5.41) is 11.4. The quantitative estimate of drug-likeness (QED) is 0.621. The average Bonchev–Trinajstić information content (AvgIpc) is 3.61. The van der Waals surface area contributed by atoms with E-state index in [4.69, 9.17) is 4.74 Å². The van der Waals surface area contributed by atoms with Gasteiger partial charge in [-0.1, -0.05) is 12.1 Å². The van der Waals surface area contributed by atoms with Crippen molar-refractivity contribution in [3.63, 3.8) is 0 Å². The summed E-state index contributed by atoms with van der Waals surface area (Å²) in [4.78, 5) is 37.2. The van der Waals surface area contributed by atoms with Gasteiger partial charge in [-0.05, 0) is 30.5 Å². The van der Waals surface area contributed by atoms with Crippen molar-refractivity contribution in [3.05, 3.63) is 53.5 Å². The number of amides is 2. The maximum atomic E-state index is 13.3. The Morgan fingerprint density at radius 1 is 1.08 bits per heavy atom. The van der Waals surface area contributed by atoms with E-state index in [0.717, 1.165) is 42.8 Å². The first-order valence-corrected chi connectivity index (χ1v) is 11.9. The maximum absolute atomic E-state index is 13.3. The Balaban J connectivity index is 1.22. The fraction of sp³-hybridized carbons (Fsp3) is 0.500. The lowest BCUT2D eigenvalue weighted by atomic mass is 10.0. The number of fused-ring (bicyclic) bond motifs is 1. The number of hydrogen-bond donors (Lipinski definition) is 2. The number of nitrogens with one attached hydrogen (secondary N) is 1. The van der Waals surface area contributed by atoms with Crippen molar-refractivity contribution in [1.82, 2.24) is 25.1 Å². The van der Waals surface area contributed by atoms with E-state index >= 15 is 0 Å². The number of benzene rings is 1. The molecule has 0 radical (unpaired) electrons. The number of carboxylic acid groups (broad SMARTS) is 1. The molecule has 3 heterocycles. The van der Waals surface area contributed by atoms with E-state index in [1.807, 2.05) is 0 Å². The second kappa shape index (κ2) is 9.57. The number of rotatable bonds is 6. The Hall–Kier alpha value is -3.41. The van der Waals surface area contributed by atoms with Crippen molar-refractivity contribution < 1.29 is 32.6 Å². The lowest BCUT2D eigenvalue weighted by Crippen LogP contribution is -2.54. The molecule has 0 spiro atoms. The number of carbonyl (C=O) groups excluding carboxylic acids is 1. The topological polar surface area (TPSA) is 108 Å². The van der Waals surface area contributed by atoms with Crippen LogP contribution in [-0.2, 0) is 11.0 Å². The van der Waals surface area contributed by atoms with Crippen LogP contribution in [0.15, 0.2) is 36.7 Å². The smallest absolute Gasteiger partial charge is 0.416 e. The van der Waals surface area contributed by atoms with E-state index < -0.39 is 29.8 Å². The first kappa shape index (κ1) is 24.3.